The number of morpholine rings is 1. The molecule has 6 nitrogen and oxygen atoms in total. The van der Waals surface area contributed by atoms with Gasteiger partial charge < -0.3 is 14.8 Å². The number of methoxy groups -OCH3 is 1. The van der Waals surface area contributed by atoms with E-state index in [0.29, 0.717) is 39.3 Å². The molecule has 1 heterocycles. The Hall–Kier alpha value is -1.14. The van der Waals surface area contributed by atoms with E-state index in [0.717, 1.165) is 0 Å². The van der Waals surface area contributed by atoms with Gasteiger partial charge in [0.25, 0.3) is 0 Å². The first-order valence-corrected chi connectivity index (χ1v) is 5.85. The highest BCUT2D eigenvalue weighted by Gasteiger charge is 2.30. The zero-order chi connectivity index (χ0) is 12.7. The minimum Gasteiger partial charge on any atom is -0.468 e. The van der Waals surface area contributed by atoms with Crippen molar-refractivity contribution in [2.75, 3.05) is 40.0 Å². The molecule has 0 radical (unpaired) electrons. The van der Waals surface area contributed by atoms with Crippen LogP contribution in [0.25, 0.3) is 0 Å². The van der Waals surface area contributed by atoms with E-state index < -0.39 is 0 Å². The van der Waals surface area contributed by atoms with Crippen molar-refractivity contribution < 1.29 is 19.1 Å². The van der Waals surface area contributed by atoms with E-state index in [4.69, 9.17) is 9.47 Å². The van der Waals surface area contributed by atoms with Crippen molar-refractivity contribution in [1.82, 2.24) is 10.2 Å². The van der Waals surface area contributed by atoms with Crippen molar-refractivity contribution >= 4 is 11.9 Å². The molecule has 0 spiro atoms. The Bertz CT molecular complexity index is 270. The van der Waals surface area contributed by atoms with Gasteiger partial charge in [-0.3, -0.25) is 14.5 Å². The van der Waals surface area contributed by atoms with Crippen molar-refractivity contribution in [1.29, 1.82) is 0 Å². The van der Waals surface area contributed by atoms with Gasteiger partial charge in [0.15, 0.2) is 0 Å². The van der Waals surface area contributed by atoms with Crippen molar-refractivity contribution in [2.24, 2.45) is 0 Å². The molecule has 1 atom stereocenters. The molecule has 0 aliphatic carbocycles. The summed E-state index contributed by atoms with van der Waals surface area (Å²) in [5.41, 5.74) is 0. The van der Waals surface area contributed by atoms with Gasteiger partial charge in [-0.2, -0.15) is 0 Å². The number of nitrogens with one attached hydrogen (secondary N) is 1. The van der Waals surface area contributed by atoms with Crippen LogP contribution in [0.3, 0.4) is 0 Å². The van der Waals surface area contributed by atoms with E-state index in [2.05, 4.69) is 5.32 Å². The van der Waals surface area contributed by atoms with Crippen LogP contribution in [0, 0.1) is 0 Å². The van der Waals surface area contributed by atoms with E-state index in [-0.39, 0.29) is 17.9 Å². The van der Waals surface area contributed by atoms with Gasteiger partial charge in [-0.1, -0.05) is 0 Å². The predicted molar refractivity (Wildman–Crippen MR) is 61.5 cm³/mol. The first kappa shape index (κ1) is 13.9. The van der Waals surface area contributed by atoms with E-state index in [9.17, 15) is 9.59 Å². The molecule has 1 unspecified atom stereocenters. The van der Waals surface area contributed by atoms with Crippen LogP contribution >= 0.6 is 0 Å². The highest BCUT2D eigenvalue weighted by atomic mass is 16.5. The molecule has 0 aromatic rings. The van der Waals surface area contributed by atoms with Gasteiger partial charge in [0, 0.05) is 26.1 Å². The van der Waals surface area contributed by atoms with Crippen molar-refractivity contribution in [3.8, 4) is 0 Å². The van der Waals surface area contributed by atoms with E-state index in [1.165, 1.54) is 7.11 Å². The second-order valence-corrected chi connectivity index (χ2v) is 3.85. The molecular formula is C11H20N2O4. The van der Waals surface area contributed by atoms with Crippen LogP contribution in [-0.4, -0.2) is 62.8 Å². The van der Waals surface area contributed by atoms with Gasteiger partial charge in [0.1, 0.15) is 6.04 Å². The topological polar surface area (TPSA) is 67.9 Å². The van der Waals surface area contributed by atoms with Crippen LogP contribution in [0.4, 0.5) is 0 Å². The third-order valence-electron chi connectivity index (χ3n) is 2.71. The number of rotatable bonds is 5. The number of ether oxygens (including phenoxy) is 2. The molecule has 6 heteroatoms. The minimum absolute atomic E-state index is 0.00241. The molecule has 0 bridgehead atoms. The lowest BCUT2D eigenvalue weighted by Crippen LogP contribution is -2.51. The molecule has 0 aromatic carbocycles. The zero-order valence-corrected chi connectivity index (χ0v) is 10.4. The van der Waals surface area contributed by atoms with Gasteiger partial charge >= 0.3 is 5.97 Å². The van der Waals surface area contributed by atoms with Crippen LogP contribution in [-0.2, 0) is 19.1 Å². The Morgan fingerprint density at radius 3 is 2.94 bits per heavy atom. The Morgan fingerprint density at radius 1 is 1.53 bits per heavy atom. The van der Waals surface area contributed by atoms with E-state index >= 15 is 0 Å². The molecule has 1 saturated heterocycles. The number of nitrogens with zero attached hydrogens (tertiary/aromatic N) is 1. The van der Waals surface area contributed by atoms with Crippen LogP contribution in [0.2, 0.25) is 0 Å². The number of carbonyl (C=O) groups is 2. The third kappa shape index (κ3) is 4.32. The Labute approximate surface area is 101 Å². The van der Waals surface area contributed by atoms with Gasteiger partial charge in [-0.25, -0.2) is 0 Å². The summed E-state index contributed by atoms with van der Waals surface area (Å²) in [6.07, 6.45) is 0.390. The number of hydrogen-bond acceptors (Lipinski definition) is 5. The quantitative estimate of drug-likeness (QED) is 0.653. The maximum Gasteiger partial charge on any atom is 0.325 e. The summed E-state index contributed by atoms with van der Waals surface area (Å²) in [5.74, 6) is -0.303. The normalized spacial score (nSPS) is 20.9. The molecule has 1 aliphatic heterocycles. The first-order chi connectivity index (χ1) is 8.19. The monoisotopic (exact) mass is 244 g/mol. The van der Waals surface area contributed by atoms with Crippen molar-refractivity contribution in [2.45, 2.75) is 19.4 Å². The summed E-state index contributed by atoms with van der Waals surface area (Å²) < 4.78 is 9.96. The summed E-state index contributed by atoms with van der Waals surface area (Å²) in [5, 5.41) is 2.73. The second kappa shape index (κ2) is 7.24. The fraction of sp³-hybridized carbons (Fsp3) is 0.818. The van der Waals surface area contributed by atoms with E-state index in [1.54, 1.807) is 0 Å². The largest absolute Gasteiger partial charge is 0.468 e. The lowest BCUT2D eigenvalue weighted by atomic mass is 10.2. The Kier molecular flexibility index (Phi) is 5.93. The Morgan fingerprint density at radius 2 is 2.29 bits per heavy atom. The van der Waals surface area contributed by atoms with Gasteiger partial charge in [-0.05, 0) is 6.92 Å². The van der Waals surface area contributed by atoms with Crippen molar-refractivity contribution in [3.05, 3.63) is 0 Å². The molecular weight excluding hydrogens is 224 g/mol. The smallest absolute Gasteiger partial charge is 0.325 e. The number of amides is 1. The number of esters is 1. The minimum atomic E-state index is -0.386. The maximum absolute atomic E-state index is 11.5. The average Bonchev–Trinajstić information content (AvgIpc) is 2.36. The second-order valence-electron chi connectivity index (χ2n) is 3.85. The molecule has 1 N–H and O–H groups in total. The molecule has 1 rings (SSSR count). The van der Waals surface area contributed by atoms with Crippen LogP contribution in [0.5, 0.6) is 0 Å². The first-order valence-electron chi connectivity index (χ1n) is 5.85. The predicted octanol–water partition coefficient (Wildman–Crippen LogP) is -0.614. The third-order valence-corrected chi connectivity index (χ3v) is 2.71. The molecule has 0 aromatic heterocycles. The maximum atomic E-state index is 11.5. The van der Waals surface area contributed by atoms with Crippen LogP contribution < -0.4 is 5.32 Å². The zero-order valence-electron chi connectivity index (χ0n) is 10.4. The lowest BCUT2D eigenvalue weighted by Gasteiger charge is -2.33. The highest BCUT2D eigenvalue weighted by molar-refractivity contribution is 5.77. The fourth-order valence-corrected chi connectivity index (χ4v) is 1.79. The number of hydrogen-bond donors (Lipinski definition) is 1. The molecule has 1 fully saturated rings. The summed E-state index contributed by atoms with van der Waals surface area (Å²) in [4.78, 5) is 24.8. The van der Waals surface area contributed by atoms with Crippen LogP contribution in [0.1, 0.15) is 13.3 Å². The summed E-state index contributed by atoms with van der Waals surface area (Å²) in [6.45, 7) is 4.63. The SMILES string of the molecule is CCNC(=O)CCN1CCOCC1C(=O)OC. The molecule has 1 amide bonds. The molecule has 1 aliphatic rings. The average molecular weight is 244 g/mol. The summed E-state index contributed by atoms with van der Waals surface area (Å²) >= 11 is 0. The fourth-order valence-electron chi connectivity index (χ4n) is 1.79. The van der Waals surface area contributed by atoms with Gasteiger partial charge in [0.2, 0.25) is 5.91 Å². The number of carbonyl (C=O) groups excluding carboxylic acids is 2. The standard InChI is InChI=1S/C11H20N2O4/c1-3-12-10(14)4-5-13-6-7-17-8-9(13)11(15)16-2/h9H,3-8H2,1-2H3,(H,12,14). The molecule has 98 valence electrons. The molecule has 17 heavy (non-hydrogen) atoms. The van der Waals surface area contributed by atoms with Gasteiger partial charge in [0.05, 0.1) is 20.3 Å². The summed E-state index contributed by atoms with van der Waals surface area (Å²) in [7, 11) is 1.36. The van der Waals surface area contributed by atoms with Gasteiger partial charge in [-0.15, -0.1) is 0 Å². The summed E-state index contributed by atoms with van der Waals surface area (Å²) in [6, 6.07) is -0.386. The lowest BCUT2D eigenvalue weighted by molar-refractivity contribution is -0.153. The van der Waals surface area contributed by atoms with Crippen molar-refractivity contribution in [3.63, 3.8) is 0 Å². The van der Waals surface area contributed by atoms with Crippen LogP contribution in [0.15, 0.2) is 0 Å². The Balaban J connectivity index is 2.42. The highest BCUT2D eigenvalue weighted by Crippen LogP contribution is 2.09. The molecule has 0 saturated carbocycles. The van der Waals surface area contributed by atoms with E-state index in [1.807, 2.05) is 11.8 Å².